The van der Waals surface area contributed by atoms with Crippen molar-refractivity contribution >= 4 is 17.3 Å². The number of hydrogen-bond acceptors (Lipinski definition) is 2. The van der Waals surface area contributed by atoms with E-state index < -0.39 is 0 Å². The number of rotatable bonds is 4. The van der Waals surface area contributed by atoms with Gasteiger partial charge in [0.05, 0.1) is 0 Å². The van der Waals surface area contributed by atoms with Gasteiger partial charge in [-0.3, -0.25) is 4.79 Å². The van der Waals surface area contributed by atoms with Gasteiger partial charge in [-0.1, -0.05) is 31.5 Å². The van der Waals surface area contributed by atoms with Crippen molar-refractivity contribution < 1.29 is 4.79 Å². The van der Waals surface area contributed by atoms with E-state index in [1.54, 1.807) is 19.1 Å². The number of benzene rings is 2. The number of carbonyl (C=O) groups excluding carboxylic acids is 1. The van der Waals surface area contributed by atoms with E-state index in [9.17, 15) is 4.79 Å². The molecule has 1 amide bonds. The monoisotopic (exact) mass is 320 g/mol. The topological polar surface area (TPSA) is 53.0 Å². The average molecular weight is 320 g/mol. The number of nitrogens with one attached hydrogen (secondary N) is 2. The van der Waals surface area contributed by atoms with Crippen LogP contribution in [0.4, 0.5) is 5.69 Å². The molecular formula is C21H24N2O. The molecule has 0 aromatic heterocycles. The summed E-state index contributed by atoms with van der Waals surface area (Å²) in [5.74, 6) is 0.695. The number of fused-ring (bicyclic) bond motifs is 1. The zero-order valence-corrected chi connectivity index (χ0v) is 14.4. The second-order valence-electron chi connectivity index (χ2n) is 6.66. The molecule has 0 fully saturated rings. The summed E-state index contributed by atoms with van der Waals surface area (Å²) < 4.78 is 0. The van der Waals surface area contributed by atoms with Gasteiger partial charge in [-0.2, -0.15) is 0 Å². The third-order valence-electron chi connectivity index (χ3n) is 4.95. The Bertz CT molecular complexity index is 762. The van der Waals surface area contributed by atoms with Crippen LogP contribution in [0.1, 0.15) is 53.7 Å². The highest BCUT2D eigenvalue weighted by Crippen LogP contribution is 2.29. The van der Waals surface area contributed by atoms with Gasteiger partial charge in [-0.25, -0.2) is 0 Å². The van der Waals surface area contributed by atoms with Gasteiger partial charge in [0, 0.05) is 17.0 Å². The van der Waals surface area contributed by atoms with E-state index in [0.29, 0.717) is 11.3 Å². The van der Waals surface area contributed by atoms with Crippen molar-refractivity contribution in [2.75, 3.05) is 5.32 Å². The molecule has 0 spiro atoms. The third-order valence-corrected chi connectivity index (χ3v) is 4.95. The molecule has 3 rings (SSSR count). The molecule has 0 radical (unpaired) electrons. The molecule has 1 aliphatic carbocycles. The molecule has 3 nitrogen and oxygen atoms in total. The van der Waals surface area contributed by atoms with Crippen LogP contribution in [0.2, 0.25) is 0 Å². The van der Waals surface area contributed by atoms with Crippen molar-refractivity contribution in [2.24, 2.45) is 5.92 Å². The molecule has 0 saturated heterocycles. The molecule has 0 aliphatic heterocycles. The Kier molecular flexibility index (Phi) is 4.79. The maximum atomic E-state index is 12.4. The Hall–Kier alpha value is -2.42. The van der Waals surface area contributed by atoms with Crippen LogP contribution in [0.3, 0.4) is 0 Å². The molecule has 0 heterocycles. The van der Waals surface area contributed by atoms with Gasteiger partial charge in [0.15, 0.2) is 0 Å². The fourth-order valence-electron chi connectivity index (χ4n) is 3.33. The number of amides is 1. The summed E-state index contributed by atoms with van der Waals surface area (Å²) >= 11 is 0. The summed E-state index contributed by atoms with van der Waals surface area (Å²) in [6, 6.07) is 13.5. The smallest absolute Gasteiger partial charge is 0.255 e. The largest absolute Gasteiger partial charge is 0.322 e. The fraction of sp³-hybridized carbons (Fsp3) is 0.333. The molecule has 3 heteroatoms. The van der Waals surface area contributed by atoms with Gasteiger partial charge in [0.1, 0.15) is 0 Å². The lowest BCUT2D eigenvalue weighted by Crippen LogP contribution is -2.15. The molecule has 1 atom stereocenters. The first-order chi connectivity index (χ1) is 11.6. The first kappa shape index (κ1) is 16.4. The van der Waals surface area contributed by atoms with Crippen molar-refractivity contribution in [3.63, 3.8) is 0 Å². The van der Waals surface area contributed by atoms with Gasteiger partial charge in [0.2, 0.25) is 0 Å². The van der Waals surface area contributed by atoms with Crippen molar-refractivity contribution in [3.05, 3.63) is 64.7 Å². The Labute approximate surface area is 143 Å². The maximum Gasteiger partial charge on any atom is 0.255 e. The lowest BCUT2D eigenvalue weighted by atomic mass is 9.82. The number of aryl methyl sites for hydroxylation is 1. The minimum Gasteiger partial charge on any atom is -0.322 e. The summed E-state index contributed by atoms with van der Waals surface area (Å²) in [5.41, 5.74) is 5.61. The predicted molar refractivity (Wildman–Crippen MR) is 99.1 cm³/mol. The second kappa shape index (κ2) is 7.00. The van der Waals surface area contributed by atoms with Crippen LogP contribution in [-0.2, 0) is 12.8 Å². The fourth-order valence-corrected chi connectivity index (χ4v) is 3.33. The normalized spacial score (nSPS) is 16.3. The summed E-state index contributed by atoms with van der Waals surface area (Å²) in [4.78, 5) is 12.4. The Morgan fingerprint density at radius 3 is 2.50 bits per heavy atom. The molecule has 2 aromatic rings. The van der Waals surface area contributed by atoms with Crippen molar-refractivity contribution in [2.45, 2.75) is 39.5 Å². The van der Waals surface area contributed by atoms with Crippen LogP contribution in [0.15, 0.2) is 42.5 Å². The summed E-state index contributed by atoms with van der Waals surface area (Å²) in [6.07, 6.45) is 4.74. The van der Waals surface area contributed by atoms with Gasteiger partial charge in [-0.15, -0.1) is 0 Å². The standard InChI is InChI=1S/C21H24N2O/c1-3-15-4-5-19-13-20(11-10-18(19)12-15)23-21(24)17-8-6-16(7-9-17)14(2)22/h6-11,13,15,22H,3-5,12H2,1-2H3,(H,23,24). The van der Waals surface area contributed by atoms with E-state index in [4.69, 9.17) is 5.41 Å². The van der Waals surface area contributed by atoms with Gasteiger partial charge < -0.3 is 10.7 Å². The molecule has 1 aliphatic rings. The van der Waals surface area contributed by atoms with Crippen LogP contribution >= 0.6 is 0 Å². The SMILES string of the molecule is CCC1CCc2cc(NC(=O)c3ccc(C(C)=N)cc3)ccc2C1. The highest BCUT2D eigenvalue weighted by Gasteiger charge is 2.17. The Morgan fingerprint density at radius 1 is 1.12 bits per heavy atom. The Balaban J connectivity index is 1.72. The van der Waals surface area contributed by atoms with Crippen LogP contribution in [0.5, 0.6) is 0 Å². The lowest BCUT2D eigenvalue weighted by Gasteiger charge is -2.24. The van der Waals surface area contributed by atoms with Crippen LogP contribution < -0.4 is 5.32 Å². The first-order valence-electron chi connectivity index (χ1n) is 8.65. The van der Waals surface area contributed by atoms with Crippen LogP contribution in [0, 0.1) is 11.3 Å². The molecule has 0 bridgehead atoms. The van der Waals surface area contributed by atoms with Crippen molar-refractivity contribution in [1.29, 1.82) is 5.41 Å². The molecule has 2 N–H and O–H groups in total. The molecule has 124 valence electrons. The number of hydrogen-bond donors (Lipinski definition) is 2. The molecule has 0 saturated carbocycles. The Morgan fingerprint density at radius 2 is 1.83 bits per heavy atom. The van der Waals surface area contributed by atoms with E-state index >= 15 is 0 Å². The minimum atomic E-state index is -0.105. The number of carbonyl (C=O) groups is 1. The minimum absolute atomic E-state index is 0.105. The van der Waals surface area contributed by atoms with Gasteiger partial charge >= 0.3 is 0 Å². The second-order valence-corrected chi connectivity index (χ2v) is 6.66. The first-order valence-corrected chi connectivity index (χ1v) is 8.65. The van der Waals surface area contributed by atoms with E-state index in [-0.39, 0.29) is 5.91 Å². The molecule has 2 aromatic carbocycles. The van der Waals surface area contributed by atoms with E-state index in [1.807, 2.05) is 18.2 Å². The van der Waals surface area contributed by atoms with Crippen molar-refractivity contribution in [1.82, 2.24) is 0 Å². The van der Waals surface area contributed by atoms with Crippen molar-refractivity contribution in [3.8, 4) is 0 Å². The van der Waals surface area contributed by atoms with Crippen LogP contribution in [-0.4, -0.2) is 11.6 Å². The summed E-state index contributed by atoms with van der Waals surface area (Å²) in [5, 5.41) is 10.6. The quantitative estimate of drug-likeness (QED) is 0.778. The lowest BCUT2D eigenvalue weighted by molar-refractivity contribution is 0.102. The van der Waals surface area contributed by atoms with Crippen LogP contribution in [0.25, 0.3) is 0 Å². The summed E-state index contributed by atoms with van der Waals surface area (Å²) in [6.45, 7) is 4.00. The van der Waals surface area contributed by atoms with Gasteiger partial charge in [-0.05, 0) is 73.1 Å². The summed E-state index contributed by atoms with van der Waals surface area (Å²) in [7, 11) is 0. The van der Waals surface area contributed by atoms with E-state index in [0.717, 1.165) is 30.0 Å². The predicted octanol–water partition coefficient (Wildman–Crippen LogP) is 4.84. The highest BCUT2D eigenvalue weighted by molar-refractivity contribution is 6.05. The third kappa shape index (κ3) is 3.56. The highest BCUT2D eigenvalue weighted by atomic mass is 16.1. The molecular weight excluding hydrogens is 296 g/mol. The van der Waals surface area contributed by atoms with E-state index in [2.05, 4.69) is 24.4 Å². The average Bonchev–Trinajstić information content (AvgIpc) is 2.61. The van der Waals surface area contributed by atoms with Gasteiger partial charge in [0.25, 0.3) is 5.91 Å². The molecule has 1 unspecified atom stereocenters. The zero-order valence-electron chi connectivity index (χ0n) is 14.4. The number of anilines is 1. The molecule has 24 heavy (non-hydrogen) atoms. The van der Waals surface area contributed by atoms with E-state index in [1.165, 1.54) is 24.0 Å². The maximum absolute atomic E-state index is 12.4. The zero-order chi connectivity index (χ0) is 17.1.